The number of fused-ring (bicyclic) bond motifs is 1. The van der Waals surface area contributed by atoms with Gasteiger partial charge in [0, 0.05) is 36.6 Å². The lowest BCUT2D eigenvalue weighted by molar-refractivity contribution is 0.282. The first-order valence-corrected chi connectivity index (χ1v) is 10.1. The Bertz CT molecular complexity index is 1300. The summed E-state index contributed by atoms with van der Waals surface area (Å²) in [6.45, 7) is 0.703. The molecule has 0 bridgehead atoms. The maximum atomic E-state index is 9.23. The summed E-state index contributed by atoms with van der Waals surface area (Å²) in [6, 6.07) is 24.2. The van der Waals surface area contributed by atoms with Crippen molar-refractivity contribution in [2.45, 2.75) is 13.2 Å². The van der Waals surface area contributed by atoms with E-state index in [1.807, 2.05) is 54.7 Å². The SMILES string of the molecule is OCc1ccc(-c2ccc(-c3cc(NCc4cccnc4)n4nccc4n3)cc2)cc1. The number of hydrogen-bond acceptors (Lipinski definition) is 5. The molecule has 6 nitrogen and oxygen atoms in total. The van der Waals surface area contributed by atoms with Crippen LogP contribution in [0, 0.1) is 0 Å². The molecule has 152 valence electrons. The van der Waals surface area contributed by atoms with Gasteiger partial charge in [-0.05, 0) is 28.3 Å². The van der Waals surface area contributed by atoms with Crippen molar-refractivity contribution in [2.24, 2.45) is 0 Å². The first kappa shape index (κ1) is 19.0. The van der Waals surface area contributed by atoms with Gasteiger partial charge in [0.25, 0.3) is 0 Å². The summed E-state index contributed by atoms with van der Waals surface area (Å²) in [5.74, 6) is 0.873. The van der Waals surface area contributed by atoms with Crippen molar-refractivity contribution in [3.63, 3.8) is 0 Å². The van der Waals surface area contributed by atoms with E-state index in [1.54, 1.807) is 16.9 Å². The maximum absolute atomic E-state index is 9.23. The standard InChI is InChI=1S/C25H21N5O/c31-17-18-3-5-20(6-4-18)21-7-9-22(10-8-21)23-14-25(30-24(29-23)11-13-28-30)27-16-19-2-1-12-26-15-19/h1-15,27,31H,16-17H2. The lowest BCUT2D eigenvalue weighted by atomic mass is 10.0. The molecule has 0 aliphatic heterocycles. The number of aliphatic hydroxyl groups excluding tert-OH is 1. The van der Waals surface area contributed by atoms with Gasteiger partial charge in [0.05, 0.1) is 18.5 Å². The molecule has 0 fully saturated rings. The molecule has 3 aromatic heterocycles. The van der Waals surface area contributed by atoms with Crippen molar-refractivity contribution in [3.05, 3.63) is 103 Å². The highest BCUT2D eigenvalue weighted by Crippen LogP contribution is 2.26. The highest BCUT2D eigenvalue weighted by molar-refractivity contribution is 5.71. The van der Waals surface area contributed by atoms with E-state index >= 15 is 0 Å². The fourth-order valence-corrected chi connectivity index (χ4v) is 3.52. The third-order valence-electron chi connectivity index (χ3n) is 5.21. The number of anilines is 1. The molecule has 2 N–H and O–H groups in total. The average molecular weight is 407 g/mol. The van der Waals surface area contributed by atoms with Crippen molar-refractivity contribution >= 4 is 11.5 Å². The third-order valence-corrected chi connectivity index (χ3v) is 5.21. The Morgan fingerprint density at radius 2 is 1.55 bits per heavy atom. The van der Waals surface area contributed by atoms with E-state index in [1.165, 1.54) is 0 Å². The summed E-state index contributed by atoms with van der Waals surface area (Å²) in [4.78, 5) is 8.94. The Morgan fingerprint density at radius 1 is 0.806 bits per heavy atom. The van der Waals surface area contributed by atoms with Gasteiger partial charge in [-0.25, -0.2) is 4.98 Å². The largest absolute Gasteiger partial charge is 0.392 e. The fraction of sp³-hybridized carbons (Fsp3) is 0.0800. The number of benzene rings is 2. The van der Waals surface area contributed by atoms with E-state index in [9.17, 15) is 5.11 Å². The second-order valence-electron chi connectivity index (χ2n) is 7.28. The molecule has 0 saturated heterocycles. The van der Waals surface area contributed by atoms with Gasteiger partial charge in [-0.1, -0.05) is 54.6 Å². The van der Waals surface area contributed by atoms with Gasteiger partial charge < -0.3 is 10.4 Å². The third kappa shape index (κ3) is 4.01. The van der Waals surface area contributed by atoms with E-state index in [4.69, 9.17) is 4.98 Å². The lowest BCUT2D eigenvalue weighted by Crippen LogP contribution is -2.06. The number of hydrogen-bond donors (Lipinski definition) is 2. The number of nitrogens with one attached hydrogen (secondary N) is 1. The molecule has 5 aromatic rings. The van der Waals surface area contributed by atoms with E-state index in [2.05, 4.69) is 39.7 Å². The molecule has 0 amide bonds. The van der Waals surface area contributed by atoms with Crippen LogP contribution in [-0.4, -0.2) is 24.7 Å². The summed E-state index contributed by atoms with van der Waals surface area (Å²) < 4.78 is 1.80. The van der Waals surface area contributed by atoms with Gasteiger partial charge in [-0.3, -0.25) is 4.98 Å². The number of pyridine rings is 1. The molecular weight excluding hydrogens is 386 g/mol. The molecule has 2 aromatic carbocycles. The predicted molar refractivity (Wildman–Crippen MR) is 121 cm³/mol. The van der Waals surface area contributed by atoms with Crippen molar-refractivity contribution in [1.29, 1.82) is 0 Å². The van der Waals surface area contributed by atoms with Gasteiger partial charge in [0.1, 0.15) is 5.82 Å². The molecule has 6 heteroatoms. The first-order valence-electron chi connectivity index (χ1n) is 10.1. The van der Waals surface area contributed by atoms with Crippen LogP contribution in [0.3, 0.4) is 0 Å². The maximum Gasteiger partial charge on any atom is 0.157 e. The number of nitrogens with zero attached hydrogens (tertiary/aromatic N) is 4. The minimum absolute atomic E-state index is 0.0547. The highest BCUT2D eigenvalue weighted by Gasteiger charge is 2.09. The second kappa shape index (κ2) is 8.38. The summed E-state index contributed by atoms with van der Waals surface area (Å²) >= 11 is 0. The first-order chi connectivity index (χ1) is 15.3. The van der Waals surface area contributed by atoms with E-state index < -0.39 is 0 Å². The van der Waals surface area contributed by atoms with Crippen LogP contribution >= 0.6 is 0 Å². The number of aromatic nitrogens is 4. The van der Waals surface area contributed by atoms with Crippen LogP contribution in [0.5, 0.6) is 0 Å². The normalized spacial score (nSPS) is 11.0. The molecule has 3 heterocycles. The Labute approximate surface area is 179 Å². The van der Waals surface area contributed by atoms with Crippen LogP contribution < -0.4 is 5.32 Å². The molecular formula is C25H21N5O. The molecule has 0 unspecified atom stereocenters. The molecule has 0 radical (unpaired) electrons. The Balaban J connectivity index is 1.44. The van der Waals surface area contributed by atoms with E-state index in [0.717, 1.165) is 45.0 Å². The monoisotopic (exact) mass is 407 g/mol. The van der Waals surface area contributed by atoms with Crippen LogP contribution in [0.1, 0.15) is 11.1 Å². The summed E-state index contributed by atoms with van der Waals surface area (Å²) in [5.41, 5.74) is 6.93. The van der Waals surface area contributed by atoms with E-state index in [-0.39, 0.29) is 6.61 Å². The van der Waals surface area contributed by atoms with Gasteiger partial charge in [-0.15, -0.1) is 0 Å². The van der Waals surface area contributed by atoms with E-state index in [0.29, 0.717) is 6.54 Å². The number of rotatable bonds is 6. The van der Waals surface area contributed by atoms with Gasteiger partial charge in [-0.2, -0.15) is 9.61 Å². The number of aliphatic hydroxyl groups is 1. The van der Waals surface area contributed by atoms with Gasteiger partial charge in [0.15, 0.2) is 5.65 Å². The fourth-order valence-electron chi connectivity index (χ4n) is 3.52. The molecule has 0 aliphatic carbocycles. The molecule has 5 rings (SSSR count). The van der Waals surface area contributed by atoms with Crippen LogP contribution in [-0.2, 0) is 13.2 Å². The zero-order chi connectivity index (χ0) is 21.0. The molecule has 0 aliphatic rings. The van der Waals surface area contributed by atoms with Crippen molar-refractivity contribution in [2.75, 3.05) is 5.32 Å². The molecule has 0 atom stereocenters. The smallest absolute Gasteiger partial charge is 0.157 e. The van der Waals surface area contributed by atoms with Crippen LogP contribution in [0.4, 0.5) is 5.82 Å². The summed E-state index contributed by atoms with van der Waals surface area (Å²) in [5, 5.41) is 17.1. The molecule has 0 saturated carbocycles. The van der Waals surface area contributed by atoms with Gasteiger partial charge >= 0.3 is 0 Å². The van der Waals surface area contributed by atoms with Crippen molar-refractivity contribution < 1.29 is 5.11 Å². The van der Waals surface area contributed by atoms with Crippen molar-refractivity contribution in [1.82, 2.24) is 19.6 Å². The minimum atomic E-state index is 0.0547. The van der Waals surface area contributed by atoms with Crippen molar-refractivity contribution in [3.8, 4) is 22.4 Å². The molecule has 31 heavy (non-hydrogen) atoms. The lowest BCUT2D eigenvalue weighted by Gasteiger charge is -2.11. The molecule has 0 spiro atoms. The average Bonchev–Trinajstić information content (AvgIpc) is 3.32. The Kier molecular flexibility index (Phi) is 5.12. The highest BCUT2D eigenvalue weighted by atomic mass is 16.3. The van der Waals surface area contributed by atoms with Crippen LogP contribution in [0.15, 0.2) is 91.4 Å². The van der Waals surface area contributed by atoms with Crippen LogP contribution in [0.2, 0.25) is 0 Å². The van der Waals surface area contributed by atoms with Crippen LogP contribution in [0.25, 0.3) is 28.0 Å². The summed E-state index contributed by atoms with van der Waals surface area (Å²) in [6.07, 6.45) is 5.37. The Hall–Kier alpha value is -4.03. The predicted octanol–water partition coefficient (Wildman–Crippen LogP) is 4.56. The van der Waals surface area contributed by atoms with Gasteiger partial charge in [0.2, 0.25) is 0 Å². The second-order valence-corrected chi connectivity index (χ2v) is 7.28. The topological polar surface area (TPSA) is 75.3 Å². The zero-order valence-electron chi connectivity index (χ0n) is 16.8. The Morgan fingerprint density at radius 3 is 2.26 bits per heavy atom. The zero-order valence-corrected chi connectivity index (χ0v) is 16.8. The summed E-state index contributed by atoms with van der Waals surface area (Å²) in [7, 11) is 0. The quantitative estimate of drug-likeness (QED) is 0.431. The minimum Gasteiger partial charge on any atom is -0.392 e.